The van der Waals surface area contributed by atoms with Gasteiger partial charge in [-0.3, -0.25) is 9.36 Å². The van der Waals surface area contributed by atoms with E-state index in [1.54, 1.807) is 24.3 Å². The van der Waals surface area contributed by atoms with Gasteiger partial charge in [0.25, 0.3) is 5.91 Å². The molecule has 7 nitrogen and oxygen atoms in total. The summed E-state index contributed by atoms with van der Waals surface area (Å²) in [5.41, 5.74) is 5.02. The lowest BCUT2D eigenvalue weighted by atomic mass is 10.2. The van der Waals surface area contributed by atoms with Crippen molar-refractivity contribution in [3.63, 3.8) is 0 Å². The minimum absolute atomic E-state index is 0.122. The van der Waals surface area contributed by atoms with Crippen molar-refractivity contribution in [3.05, 3.63) is 90.5 Å². The highest BCUT2D eigenvalue weighted by Gasteiger charge is 2.16. The van der Waals surface area contributed by atoms with E-state index < -0.39 is 0 Å². The molecule has 0 aliphatic rings. The minimum Gasteiger partial charge on any atom is -0.508 e. The number of phenols is 1. The Labute approximate surface area is 183 Å². The second-order valence-corrected chi connectivity index (χ2v) is 7.46. The monoisotopic (exact) mass is 429 g/mol. The normalized spacial score (nSPS) is 11.0. The fourth-order valence-corrected chi connectivity index (χ4v) is 3.64. The van der Waals surface area contributed by atoms with Gasteiger partial charge >= 0.3 is 0 Å². The van der Waals surface area contributed by atoms with Crippen LogP contribution in [0, 0.1) is 0 Å². The predicted molar refractivity (Wildman–Crippen MR) is 121 cm³/mol. The fraction of sp³-hybridized carbons (Fsp3) is 0.0435. The molecule has 0 unspecified atom stereocenters. The molecule has 0 aliphatic heterocycles. The zero-order valence-corrected chi connectivity index (χ0v) is 17.2. The maximum Gasteiger partial charge on any atom is 0.250 e. The second kappa shape index (κ2) is 9.73. The Hall–Kier alpha value is -3.91. The summed E-state index contributed by atoms with van der Waals surface area (Å²) in [5.74, 6) is 0.694. The van der Waals surface area contributed by atoms with E-state index in [4.69, 9.17) is 0 Å². The number of para-hydroxylation sites is 1. The van der Waals surface area contributed by atoms with Crippen LogP contribution in [0.5, 0.6) is 5.75 Å². The lowest BCUT2D eigenvalue weighted by molar-refractivity contribution is -0.118. The summed E-state index contributed by atoms with van der Waals surface area (Å²) >= 11 is 1.28. The summed E-state index contributed by atoms with van der Waals surface area (Å²) in [6.45, 7) is 0. The Kier molecular flexibility index (Phi) is 6.39. The van der Waals surface area contributed by atoms with Crippen molar-refractivity contribution < 1.29 is 9.90 Å². The largest absolute Gasteiger partial charge is 0.508 e. The first-order chi connectivity index (χ1) is 15.2. The second-order valence-electron chi connectivity index (χ2n) is 6.52. The molecule has 3 aromatic carbocycles. The highest BCUT2D eigenvalue weighted by atomic mass is 32.2. The molecule has 31 heavy (non-hydrogen) atoms. The topological polar surface area (TPSA) is 92.4 Å². The zero-order chi connectivity index (χ0) is 21.5. The maximum absolute atomic E-state index is 12.2. The third kappa shape index (κ3) is 5.18. The van der Waals surface area contributed by atoms with Crippen LogP contribution in [0.4, 0.5) is 0 Å². The molecule has 2 N–H and O–H groups in total. The number of amides is 1. The third-order valence-corrected chi connectivity index (χ3v) is 5.21. The van der Waals surface area contributed by atoms with Crippen molar-refractivity contribution in [2.24, 2.45) is 5.10 Å². The molecular weight excluding hydrogens is 410 g/mol. The lowest BCUT2D eigenvalue weighted by Crippen LogP contribution is -2.20. The van der Waals surface area contributed by atoms with Gasteiger partial charge in [-0.15, -0.1) is 10.2 Å². The maximum atomic E-state index is 12.2. The van der Waals surface area contributed by atoms with Crippen LogP contribution >= 0.6 is 11.8 Å². The van der Waals surface area contributed by atoms with Gasteiger partial charge < -0.3 is 5.11 Å². The van der Waals surface area contributed by atoms with Gasteiger partial charge in [-0.05, 0) is 29.8 Å². The number of carbonyl (C=O) groups is 1. The van der Waals surface area contributed by atoms with Crippen LogP contribution < -0.4 is 5.43 Å². The van der Waals surface area contributed by atoms with Gasteiger partial charge in [0.1, 0.15) is 5.75 Å². The molecule has 0 saturated carbocycles. The summed E-state index contributed by atoms with van der Waals surface area (Å²) in [6.07, 6.45) is 1.47. The number of nitrogens with one attached hydrogen (secondary N) is 1. The first-order valence-electron chi connectivity index (χ1n) is 9.51. The lowest BCUT2D eigenvalue weighted by Gasteiger charge is -2.10. The number of rotatable bonds is 7. The molecule has 0 aliphatic carbocycles. The van der Waals surface area contributed by atoms with Crippen molar-refractivity contribution in [3.8, 4) is 22.8 Å². The Morgan fingerprint density at radius 1 is 1.00 bits per heavy atom. The van der Waals surface area contributed by atoms with E-state index in [-0.39, 0.29) is 17.4 Å². The molecular formula is C23H19N5O2S. The smallest absolute Gasteiger partial charge is 0.250 e. The number of benzene rings is 3. The summed E-state index contributed by atoms with van der Waals surface area (Å²) < 4.78 is 1.93. The summed E-state index contributed by atoms with van der Waals surface area (Å²) in [5, 5.41) is 22.7. The van der Waals surface area contributed by atoms with E-state index in [1.165, 1.54) is 18.0 Å². The number of hydrazone groups is 1. The van der Waals surface area contributed by atoms with Gasteiger partial charge in [0.15, 0.2) is 11.0 Å². The van der Waals surface area contributed by atoms with Crippen molar-refractivity contribution >= 4 is 23.9 Å². The van der Waals surface area contributed by atoms with E-state index >= 15 is 0 Å². The molecule has 4 aromatic rings. The Morgan fingerprint density at radius 2 is 1.74 bits per heavy atom. The van der Waals surface area contributed by atoms with Gasteiger partial charge in [0.2, 0.25) is 0 Å². The number of hydrogen-bond acceptors (Lipinski definition) is 6. The number of carbonyl (C=O) groups excluding carboxylic acids is 1. The summed E-state index contributed by atoms with van der Waals surface area (Å²) in [4.78, 5) is 12.2. The molecule has 154 valence electrons. The molecule has 1 amide bonds. The summed E-state index contributed by atoms with van der Waals surface area (Å²) in [7, 11) is 0. The number of thioether (sulfide) groups is 1. The van der Waals surface area contributed by atoms with E-state index in [0.29, 0.717) is 16.5 Å². The fourth-order valence-electron chi connectivity index (χ4n) is 2.89. The first kappa shape index (κ1) is 20.4. The quantitative estimate of drug-likeness (QED) is 0.264. The molecule has 0 radical (unpaired) electrons. The van der Waals surface area contributed by atoms with Crippen LogP contribution in [0.2, 0.25) is 0 Å². The molecule has 4 rings (SSSR count). The number of hydrogen-bond donors (Lipinski definition) is 2. The average molecular weight is 430 g/mol. The van der Waals surface area contributed by atoms with Crippen LogP contribution in [0.25, 0.3) is 17.1 Å². The highest BCUT2D eigenvalue weighted by molar-refractivity contribution is 7.99. The van der Waals surface area contributed by atoms with Crippen LogP contribution in [0.3, 0.4) is 0 Å². The molecule has 0 fully saturated rings. The van der Waals surface area contributed by atoms with E-state index in [0.717, 1.165) is 11.3 Å². The molecule has 1 aromatic heterocycles. The SMILES string of the molecule is O=C(CSc1nnc(-c2ccccc2)n1-c1ccccc1)N/N=C\c1cccc(O)c1. The summed E-state index contributed by atoms with van der Waals surface area (Å²) in [6, 6.07) is 26.2. The molecule has 1 heterocycles. The number of aromatic nitrogens is 3. The van der Waals surface area contributed by atoms with E-state index in [2.05, 4.69) is 20.7 Å². The van der Waals surface area contributed by atoms with E-state index in [9.17, 15) is 9.90 Å². The van der Waals surface area contributed by atoms with Crippen molar-refractivity contribution in [2.75, 3.05) is 5.75 Å². The Morgan fingerprint density at radius 3 is 2.48 bits per heavy atom. The van der Waals surface area contributed by atoms with Crippen molar-refractivity contribution in [2.45, 2.75) is 5.16 Å². The minimum atomic E-state index is -0.273. The number of phenolic OH excluding ortho intramolecular Hbond substituents is 1. The zero-order valence-electron chi connectivity index (χ0n) is 16.4. The molecule has 8 heteroatoms. The molecule has 0 atom stereocenters. The molecule has 0 bridgehead atoms. The van der Waals surface area contributed by atoms with Crippen LogP contribution in [-0.4, -0.2) is 37.7 Å². The molecule has 0 spiro atoms. The van der Waals surface area contributed by atoms with Crippen molar-refractivity contribution in [1.82, 2.24) is 20.2 Å². The average Bonchev–Trinajstić information content (AvgIpc) is 3.23. The van der Waals surface area contributed by atoms with Gasteiger partial charge in [-0.25, -0.2) is 5.43 Å². The van der Waals surface area contributed by atoms with Crippen LogP contribution in [0.1, 0.15) is 5.56 Å². The van der Waals surface area contributed by atoms with Gasteiger partial charge in [-0.2, -0.15) is 5.10 Å². The predicted octanol–water partition coefficient (Wildman–Crippen LogP) is 3.88. The Bertz CT molecular complexity index is 1190. The van der Waals surface area contributed by atoms with Crippen LogP contribution in [0.15, 0.2) is 95.2 Å². The third-order valence-electron chi connectivity index (χ3n) is 4.29. The van der Waals surface area contributed by atoms with Gasteiger partial charge in [0, 0.05) is 11.3 Å². The highest BCUT2D eigenvalue weighted by Crippen LogP contribution is 2.27. The van der Waals surface area contributed by atoms with Gasteiger partial charge in [-0.1, -0.05) is 72.4 Å². The number of nitrogens with zero attached hydrogens (tertiary/aromatic N) is 4. The van der Waals surface area contributed by atoms with E-state index in [1.807, 2.05) is 65.2 Å². The number of aromatic hydroxyl groups is 1. The standard InChI is InChI=1S/C23H19N5O2S/c29-20-13-7-8-17(14-20)15-24-25-21(30)16-31-23-27-26-22(18-9-3-1-4-10-18)28(23)19-11-5-2-6-12-19/h1-15,29H,16H2,(H,25,30)/b24-15-. The van der Waals surface area contributed by atoms with Crippen molar-refractivity contribution in [1.29, 1.82) is 0 Å². The Balaban J connectivity index is 1.48. The van der Waals surface area contributed by atoms with Gasteiger partial charge in [0.05, 0.1) is 12.0 Å². The first-order valence-corrected chi connectivity index (χ1v) is 10.5. The van der Waals surface area contributed by atoms with Crippen LogP contribution in [-0.2, 0) is 4.79 Å². The molecule has 0 saturated heterocycles.